The van der Waals surface area contributed by atoms with Crippen LogP contribution in [-0.2, 0) is 0 Å². The van der Waals surface area contributed by atoms with Gasteiger partial charge in [-0.2, -0.15) is 0 Å². The first-order valence-electron chi connectivity index (χ1n) is 2.84. The van der Waals surface area contributed by atoms with Crippen LogP contribution in [0.1, 0.15) is 0 Å². The molecular weight excluding hydrogens is 152 g/mol. The third kappa shape index (κ3) is 0.727. The van der Waals surface area contributed by atoms with Crippen LogP contribution in [0.4, 0.5) is 0 Å². The van der Waals surface area contributed by atoms with Crippen molar-refractivity contribution in [3.63, 3.8) is 0 Å². The first-order valence-corrected chi connectivity index (χ1v) is 3.21. The van der Waals surface area contributed by atoms with Crippen molar-refractivity contribution in [2.45, 2.75) is 0 Å². The summed E-state index contributed by atoms with van der Waals surface area (Å²) in [6.45, 7) is 0.246. The van der Waals surface area contributed by atoms with Gasteiger partial charge < -0.3 is 9.47 Å². The zero-order chi connectivity index (χ0) is 6.97. The number of hydrogen-bond acceptors (Lipinski definition) is 2. The van der Waals surface area contributed by atoms with Crippen LogP contribution in [0.3, 0.4) is 0 Å². The molecule has 0 spiro atoms. The van der Waals surface area contributed by atoms with Gasteiger partial charge in [0.25, 0.3) is 0 Å². The molecule has 0 atom stereocenters. The molecule has 0 aromatic heterocycles. The second kappa shape index (κ2) is 2.06. The lowest BCUT2D eigenvalue weighted by Gasteiger charge is -1.94. The highest BCUT2D eigenvalue weighted by Gasteiger charge is 2.15. The van der Waals surface area contributed by atoms with E-state index in [9.17, 15) is 0 Å². The van der Waals surface area contributed by atoms with Gasteiger partial charge in [-0.05, 0) is 12.1 Å². The Morgan fingerprint density at radius 3 is 3.20 bits per heavy atom. The summed E-state index contributed by atoms with van der Waals surface area (Å²) < 4.78 is 10.1. The lowest BCUT2D eigenvalue weighted by atomic mass is 10.3. The quantitative estimate of drug-likeness (QED) is 0.570. The molecule has 0 N–H and O–H groups in total. The van der Waals surface area contributed by atoms with Crippen molar-refractivity contribution in [2.24, 2.45) is 0 Å². The summed E-state index contributed by atoms with van der Waals surface area (Å²) in [5.41, 5.74) is 0. The van der Waals surface area contributed by atoms with Gasteiger partial charge in [-0.1, -0.05) is 11.6 Å². The molecule has 0 unspecified atom stereocenters. The monoisotopic (exact) mass is 155 g/mol. The van der Waals surface area contributed by atoms with Gasteiger partial charge in [-0.3, -0.25) is 0 Å². The highest BCUT2D eigenvalue weighted by Crippen LogP contribution is 2.37. The van der Waals surface area contributed by atoms with E-state index in [0.29, 0.717) is 16.5 Å². The van der Waals surface area contributed by atoms with Gasteiger partial charge in [0.05, 0.1) is 5.02 Å². The zero-order valence-electron chi connectivity index (χ0n) is 5.06. The summed E-state index contributed by atoms with van der Waals surface area (Å²) in [7, 11) is 0. The molecule has 0 saturated heterocycles. The highest BCUT2D eigenvalue weighted by atomic mass is 35.5. The molecular formula is C7H4ClO2. The summed E-state index contributed by atoms with van der Waals surface area (Å²) in [4.78, 5) is 0. The van der Waals surface area contributed by atoms with E-state index in [-0.39, 0.29) is 6.79 Å². The first-order chi connectivity index (χ1) is 4.88. The summed E-state index contributed by atoms with van der Waals surface area (Å²) in [6.07, 6.45) is 0. The van der Waals surface area contributed by atoms with Crippen LogP contribution >= 0.6 is 11.6 Å². The van der Waals surface area contributed by atoms with Gasteiger partial charge in [0.2, 0.25) is 6.79 Å². The van der Waals surface area contributed by atoms with Gasteiger partial charge in [0, 0.05) is 6.07 Å². The van der Waals surface area contributed by atoms with Crippen molar-refractivity contribution in [2.75, 3.05) is 6.79 Å². The maximum atomic E-state index is 5.74. The Bertz CT molecular complexity index is 260. The van der Waals surface area contributed by atoms with E-state index in [1.54, 1.807) is 12.1 Å². The molecule has 0 aliphatic carbocycles. The summed E-state index contributed by atoms with van der Waals surface area (Å²) in [5.74, 6) is 1.21. The Morgan fingerprint density at radius 1 is 1.50 bits per heavy atom. The average Bonchev–Trinajstić information content (AvgIpc) is 2.36. The molecule has 3 heteroatoms. The minimum atomic E-state index is 0.246. The topological polar surface area (TPSA) is 18.5 Å². The number of benzene rings is 1. The molecule has 0 bridgehead atoms. The minimum absolute atomic E-state index is 0.246. The molecule has 0 amide bonds. The van der Waals surface area contributed by atoms with E-state index in [0.717, 1.165) is 0 Å². The number of fused-ring (bicyclic) bond motifs is 1. The summed E-state index contributed by atoms with van der Waals surface area (Å²) in [6, 6.07) is 6.28. The maximum absolute atomic E-state index is 5.74. The van der Waals surface area contributed by atoms with Crippen LogP contribution in [-0.4, -0.2) is 6.79 Å². The van der Waals surface area contributed by atoms with E-state index in [2.05, 4.69) is 6.07 Å². The third-order valence-corrected chi connectivity index (χ3v) is 1.57. The number of ether oxygens (including phenoxy) is 2. The Morgan fingerprint density at radius 2 is 2.40 bits per heavy atom. The molecule has 1 aromatic rings. The second-order valence-corrected chi connectivity index (χ2v) is 2.30. The smallest absolute Gasteiger partial charge is 0.231 e. The average molecular weight is 156 g/mol. The minimum Gasteiger partial charge on any atom is -0.453 e. The molecule has 2 nitrogen and oxygen atoms in total. The van der Waals surface area contributed by atoms with Gasteiger partial charge in [0.1, 0.15) is 0 Å². The first kappa shape index (κ1) is 5.86. The standard InChI is InChI=1S/C7H4ClO2/c8-5-2-1-3-6-7(5)10-4-9-6/h1-2H,4H2. The van der Waals surface area contributed by atoms with E-state index in [1.807, 2.05) is 0 Å². The Balaban J connectivity index is 2.59. The van der Waals surface area contributed by atoms with E-state index in [4.69, 9.17) is 21.1 Å². The Hall–Kier alpha value is -0.890. The normalized spacial score (nSPS) is 13.7. The van der Waals surface area contributed by atoms with Crippen molar-refractivity contribution in [3.8, 4) is 11.5 Å². The van der Waals surface area contributed by atoms with Crippen LogP contribution in [0.5, 0.6) is 11.5 Å². The molecule has 10 heavy (non-hydrogen) atoms. The molecule has 1 aliphatic rings. The molecule has 0 fully saturated rings. The SMILES string of the molecule is Clc1cc[c]c2c1OCO2. The molecule has 2 rings (SSSR count). The fourth-order valence-corrected chi connectivity index (χ4v) is 1.03. The third-order valence-electron chi connectivity index (χ3n) is 1.27. The predicted molar refractivity (Wildman–Crippen MR) is 36.4 cm³/mol. The lowest BCUT2D eigenvalue weighted by Crippen LogP contribution is -1.93. The van der Waals surface area contributed by atoms with Crippen LogP contribution in [0.25, 0.3) is 0 Å². The number of rotatable bonds is 0. The van der Waals surface area contributed by atoms with Crippen molar-refractivity contribution < 1.29 is 9.47 Å². The van der Waals surface area contributed by atoms with Crippen LogP contribution in [0.2, 0.25) is 5.02 Å². The largest absolute Gasteiger partial charge is 0.453 e. The highest BCUT2D eigenvalue weighted by molar-refractivity contribution is 6.32. The molecule has 1 aliphatic heterocycles. The van der Waals surface area contributed by atoms with Crippen molar-refractivity contribution in [1.29, 1.82) is 0 Å². The Labute approximate surface area is 63.3 Å². The molecule has 1 radical (unpaired) electrons. The predicted octanol–water partition coefficient (Wildman–Crippen LogP) is 1.87. The van der Waals surface area contributed by atoms with Gasteiger partial charge in [-0.25, -0.2) is 0 Å². The summed E-state index contributed by atoms with van der Waals surface area (Å²) in [5, 5.41) is 0.575. The van der Waals surface area contributed by atoms with Crippen LogP contribution < -0.4 is 9.47 Å². The van der Waals surface area contributed by atoms with Gasteiger partial charge in [-0.15, -0.1) is 0 Å². The van der Waals surface area contributed by atoms with Crippen molar-refractivity contribution >= 4 is 11.6 Å². The lowest BCUT2D eigenvalue weighted by molar-refractivity contribution is 0.174. The van der Waals surface area contributed by atoms with Crippen LogP contribution in [0.15, 0.2) is 12.1 Å². The molecule has 1 heterocycles. The number of halogens is 1. The second-order valence-electron chi connectivity index (χ2n) is 1.89. The van der Waals surface area contributed by atoms with Gasteiger partial charge >= 0.3 is 0 Å². The number of hydrogen-bond donors (Lipinski definition) is 0. The Kier molecular flexibility index (Phi) is 1.21. The van der Waals surface area contributed by atoms with E-state index >= 15 is 0 Å². The molecule has 51 valence electrons. The summed E-state index contributed by atoms with van der Waals surface area (Å²) >= 11 is 5.74. The van der Waals surface area contributed by atoms with E-state index < -0.39 is 0 Å². The maximum Gasteiger partial charge on any atom is 0.231 e. The zero-order valence-corrected chi connectivity index (χ0v) is 5.81. The van der Waals surface area contributed by atoms with E-state index in [1.165, 1.54) is 0 Å². The fourth-order valence-electron chi connectivity index (χ4n) is 0.829. The van der Waals surface area contributed by atoms with Gasteiger partial charge in [0.15, 0.2) is 11.5 Å². The molecule has 0 saturated carbocycles. The van der Waals surface area contributed by atoms with Crippen molar-refractivity contribution in [3.05, 3.63) is 23.2 Å². The molecule has 1 aromatic carbocycles. The van der Waals surface area contributed by atoms with Crippen LogP contribution in [0, 0.1) is 6.07 Å². The fraction of sp³-hybridized carbons (Fsp3) is 0.143. The van der Waals surface area contributed by atoms with Crippen molar-refractivity contribution in [1.82, 2.24) is 0 Å².